The Hall–Kier alpha value is -4.32. The van der Waals surface area contributed by atoms with Crippen LogP contribution in [0, 0.1) is 13.8 Å². The van der Waals surface area contributed by atoms with Crippen LogP contribution in [0.4, 0.5) is 5.69 Å². The molecule has 0 fully saturated rings. The summed E-state index contributed by atoms with van der Waals surface area (Å²) in [4.78, 5) is 26.1. The Labute approximate surface area is 226 Å². The van der Waals surface area contributed by atoms with Crippen molar-refractivity contribution < 1.29 is 22.5 Å². The maximum Gasteiger partial charge on any atom is 0.292 e. The molecule has 2 aromatic carbocycles. The Bertz CT molecular complexity index is 1620. The largest absolute Gasteiger partial charge is 0.494 e. The third kappa shape index (κ3) is 6.23. The Balaban J connectivity index is 1.63. The zero-order valence-electron chi connectivity index (χ0n) is 22.3. The van der Waals surface area contributed by atoms with E-state index in [1.807, 2.05) is 19.9 Å². The number of benzene rings is 2. The number of amides is 1. The summed E-state index contributed by atoms with van der Waals surface area (Å²) in [6.07, 6.45) is 3.31. The highest BCUT2D eigenvalue weighted by atomic mass is 32.2. The molecule has 2 heterocycles. The molecule has 2 N–H and O–H groups in total. The lowest BCUT2D eigenvalue weighted by atomic mass is 10.1. The number of sulfone groups is 1. The van der Waals surface area contributed by atoms with E-state index < -0.39 is 32.7 Å². The van der Waals surface area contributed by atoms with E-state index in [-0.39, 0.29) is 11.5 Å². The zero-order chi connectivity index (χ0) is 28.2. The van der Waals surface area contributed by atoms with Gasteiger partial charge in [0, 0.05) is 18.3 Å². The van der Waals surface area contributed by atoms with Gasteiger partial charge in [0.2, 0.25) is 0 Å². The number of aliphatic imine (C=N–C) groups is 1. The number of ether oxygens (including phenoxy) is 1. The lowest BCUT2D eigenvalue weighted by Crippen LogP contribution is -2.45. The van der Waals surface area contributed by atoms with E-state index in [9.17, 15) is 13.2 Å². The van der Waals surface area contributed by atoms with Crippen molar-refractivity contribution in [2.45, 2.75) is 38.9 Å². The van der Waals surface area contributed by atoms with Crippen molar-refractivity contribution in [2.75, 3.05) is 12.9 Å². The molecule has 2 atom stereocenters. The topological polar surface area (TPSA) is 149 Å². The fraction of sp³-hybridized carbons (Fsp3) is 0.296. The number of hydrogen-bond donors (Lipinski definition) is 2. The highest BCUT2D eigenvalue weighted by Gasteiger charge is 2.31. The number of carbonyl (C=O) groups excluding carboxylic acids is 1. The Kier molecular flexibility index (Phi) is 8.24. The van der Waals surface area contributed by atoms with Crippen LogP contribution in [0.15, 0.2) is 64.4 Å². The molecule has 0 unspecified atom stereocenters. The number of methoxy groups -OCH3 is 1. The van der Waals surface area contributed by atoms with Gasteiger partial charge >= 0.3 is 0 Å². The van der Waals surface area contributed by atoms with Gasteiger partial charge in [-0.25, -0.2) is 23.4 Å². The van der Waals surface area contributed by atoms with Crippen LogP contribution in [0.5, 0.6) is 5.75 Å². The third-order valence-corrected chi connectivity index (χ3v) is 8.61. The number of aryl methyl sites for hydroxylation is 2. The van der Waals surface area contributed by atoms with E-state index in [1.54, 1.807) is 62.6 Å². The van der Waals surface area contributed by atoms with E-state index in [2.05, 4.69) is 31.0 Å². The van der Waals surface area contributed by atoms with Crippen molar-refractivity contribution in [2.24, 2.45) is 4.99 Å². The summed E-state index contributed by atoms with van der Waals surface area (Å²) in [5.74, 6) is -0.725. The number of nitrogens with zero attached hydrogens (tertiary/aromatic N) is 4. The molecular formula is C27H30N6O5S. The summed E-state index contributed by atoms with van der Waals surface area (Å²) < 4.78 is 37.8. The van der Waals surface area contributed by atoms with E-state index in [0.29, 0.717) is 28.2 Å². The fourth-order valence-electron chi connectivity index (χ4n) is 3.89. The standard InChI is InChI=1S/C27H30N6O5S/c1-16-13-28-26(29-14-16)18(3)19(4)39(35,36)15-23(30-24-17(2)9-8-12-22(24)37-5)31-32-27(34)25-20-10-6-7-11-21(20)38-33-25/h6-14,18-19H,15H2,1-5H3,(H,30,31)(H,32,34)/t18-,19-/m0/s1. The second kappa shape index (κ2) is 11.6. The molecule has 4 rings (SSSR count). The number of amidine groups is 1. The number of carbonyl (C=O) groups is 1. The lowest BCUT2D eigenvalue weighted by Gasteiger charge is -2.20. The van der Waals surface area contributed by atoms with E-state index in [1.165, 1.54) is 7.11 Å². The third-order valence-electron chi connectivity index (χ3n) is 6.40. The van der Waals surface area contributed by atoms with Gasteiger partial charge in [0.15, 0.2) is 21.1 Å². The molecule has 0 aliphatic rings. The van der Waals surface area contributed by atoms with Crippen molar-refractivity contribution in [3.8, 4) is 5.75 Å². The highest BCUT2D eigenvalue weighted by Crippen LogP contribution is 2.31. The monoisotopic (exact) mass is 550 g/mol. The normalized spacial score (nSPS) is 13.6. The SMILES string of the molecule is COc1cccc(C)c1N=C(CS(=O)(=O)[C@@H](C)[C@H](C)c1ncc(C)cn1)NNC(=O)c1noc2ccccc12. The van der Waals surface area contributed by atoms with Crippen LogP contribution in [0.1, 0.15) is 47.2 Å². The first-order valence-electron chi connectivity index (χ1n) is 12.2. The summed E-state index contributed by atoms with van der Waals surface area (Å²) in [6.45, 7) is 7.06. The van der Waals surface area contributed by atoms with Gasteiger partial charge in [0.1, 0.15) is 28.8 Å². The molecule has 0 spiro atoms. The van der Waals surface area contributed by atoms with Crippen LogP contribution in [-0.4, -0.2) is 53.4 Å². The van der Waals surface area contributed by atoms with Crippen molar-refractivity contribution in [3.05, 3.63) is 77.5 Å². The molecule has 2 aromatic heterocycles. The van der Waals surface area contributed by atoms with Crippen molar-refractivity contribution >= 4 is 38.2 Å². The summed E-state index contributed by atoms with van der Waals surface area (Å²) in [6, 6.07) is 12.3. The molecule has 1 amide bonds. The maximum atomic E-state index is 13.6. The molecule has 12 heteroatoms. The Morgan fingerprint density at radius 3 is 2.49 bits per heavy atom. The second-order valence-corrected chi connectivity index (χ2v) is 11.6. The molecule has 0 aliphatic heterocycles. The van der Waals surface area contributed by atoms with Gasteiger partial charge in [-0.05, 0) is 50.1 Å². The number of rotatable bonds is 8. The van der Waals surface area contributed by atoms with Gasteiger partial charge in [-0.2, -0.15) is 0 Å². The van der Waals surface area contributed by atoms with E-state index in [0.717, 1.165) is 11.1 Å². The minimum Gasteiger partial charge on any atom is -0.494 e. The summed E-state index contributed by atoms with van der Waals surface area (Å²) in [7, 11) is -2.31. The van der Waals surface area contributed by atoms with Gasteiger partial charge in [0.05, 0.1) is 17.7 Å². The van der Waals surface area contributed by atoms with Crippen LogP contribution in [-0.2, 0) is 9.84 Å². The molecule has 0 saturated heterocycles. The highest BCUT2D eigenvalue weighted by molar-refractivity contribution is 7.92. The summed E-state index contributed by atoms with van der Waals surface area (Å²) >= 11 is 0. The number of aromatic nitrogens is 3. The number of hydrogen-bond acceptors (Lipinski definition) is 9. The molecule has 204 valence electrons. The average molecular weight is 551 g/mol. The molecular weight excluding hydrogens is 520 g/mol. The number of para-hydroxylation sites is 2. The minimum absolute atomic E-state index is 0.00683. The van der Waals surface area contributed by atoms with Crippen LogP contribution >= 0.6 is 0 Å². The lowest BCUT2D eigenvalue weighted by molar-refractivity contribution is 0.0936. The summed E-state index contributed by atoms with van der Waals surface area (Å²) in [5, 5.41) is 3.52. The summed E-state index contributed by atoms with van der Waals surface area (Å²) in [5.41, 5.74) is 7.78. The van der Waals surface area contributed by atoms with E-state index in [4.69, 9.17) is 9.26 Å². The Morgan fingerprint density at radius 2 is 1.77 bits per heavy atom. The predicted octanol–water partition coefficient (Wildman–Crippen LogP) is 3.81. The Morgan fingerprint density at radius 1 is 1.05 bits per heavy atom. The molecule has 11 nitrogen and oxygen atoms in total. The molecule has 39 heavy (non-hydrogen) atoms. The first-order valence-corrected chi connectivity index (χ1v) is 13.9. The quantitative estimate of drug-likeness (QED) is 0.190. The molecule has 4 aromatic rings. The molecule has 0 saturated carbocycles. The molecule has 0 bridgehead atoms. The zero-order valence-corrected chi connectivity index (χ0v) is 23.1. The number of nitrogens with one attached hydrogen (secondary N) is 2. The molecule has 0 aliphatic carbocycles. The van der Waals surface area contributed by atoms with Crippen LogP contribution in [0.25, 0.3) is 11.0 Å². The van der Waals surface area contributed by atoms with Crippen molar-refractivity contribution in [1.29, 1.82) is 0 Å². The van der Waals surface area contributed by atoms with E-state index >= 15 is 0 Å². The number of hydrazine groups is 1. The van der Waals surface area contributed by atoms with Crippen LogP contribution < -0.4 is 15.6 Å². The van der Waals surface area contributed by atoms with Gasteiger partial charge in [-0.15, -0.1) is 0 Å². The smallest absolute Gasteiger partial charge is 0.292 e. The second-order valence-electron chi connectivity index (χ2n) is 9.21. The molecule has 0 radical (unpaired) electrons. The van der Waals surface area contributed by atoms with Crippen molar-refractivity contribution in [1.82, 2.24) is 26.0 Å². The van der Waals surface area contributed by atoms with Crippen LogP contribution in [0.2, 0.25) is 0 Å². The van der Waals surface area contributed by atoms with Gasteiger partial charge in [-0.1, -0.05) is 36.3 Å². The first kappa shape index (κ1) is 27.7. The number of fused-ring (bicyclic) bond motifs is 1. The van der Waals surface area contributed by atoms with Crippen molar-refractivity contribution in [3.63, 3.8) is 0 Å². The van der Waals surface area contributed by atoms with Crippen LogP contribution in [0.3, 0.4) is 0 Å². The van der Waals surface area contributed by atoms with Gasteiger partial charge < -0.3 is 9.26 Å². The minimum atomic E-state index is -3.81. The maximum absolute atomic E-state index is 13.6. The van der Waals surface area contributed by atoms with Gasteiger partial charge in [0.25, 0.3) is 5.91 Å². The first-order chi connectivity index (χ1) is 18.6. The predicted molar refractivity (Wildman–Crippen MR) is 148 cm³/mol. The fourth-order valence-corrected chi connectivity index (χ4v) is 5.41. The van der Waals surface area contributed by atoms with Gasteiger partial charge in [-0.3, -0.25) is 15.6 Å². The average Bonchev–Trinajstić information content (AvgIpc) is 3.36.